The quantitative estimate of drug-likeness (QED) is 0.831. The summed E-state index contributed by atoms with van der Waals surface area (Å²) in [7, 11) is 1.67. The second-order valence-electron chi connectivity index (χ2n) is 6.94. The number of anilines is 1. The molecule has 0 unspecified atom stereocenters. The van der Waals surface area contributed by atoms with Gasteiger partial charge in [0.15, 0.2) is 11.5 Å². The van der Waals surface area contributed by atoms with Gasteiger partial charge in [0, 0.05) is 31.4 Å². The first-order chi connectivity index (χ1) is 13.1. The molecule has 2 aromatic carbocycles. The average molecular weight is 368 g/mol. The smallest absolute Gasteiger partial charge is 0.231 e. The molecule has 27 heavy (non-hydrogen) atoms. The summed E-state index contributed by atoms with van der Waals surface area (Å²) >= 11 is 0. The van der Waals surface area contributed by atoms with Crippen molar-refractivity contribution in [3.05, 3.63) is 48.0 Å². The van der Waals surface area contributed by atoms with Crippen LogP contribution in [0.15, 0.2) is 42.5 Å². The fourth-order valence-electron chi connectivity index (χ4n) is 3.68. The van der Waals surface area contributed by atoms with Crippen LogP contribution >= 0.6 is 0 Å². The number of piperazine rings is 1. The van der Waals surface area contributed by atoms with Crippen LogP contribution in [-0.2, 0) is 11.2 Å². The number of ether oxygens (including phenoxy) is 3. The molecule has 0 saturated carbocycles. The number of rotatable bonds is 4. The van der Waals surface area contributed by atoms with E-state index in [1.165, 1.54) is 0 Å². The number of benzene rings is 2. The van der Waals surface area contributed by atoms with Crippen molar-refractivity contribution in [3.8, 4) is 17.2 Å². The number of carbonyl (C=O) groups is 1. The molecule has 2 aliphatic rings. The van der Waals surface area contributed by atoms with Gasteiger partial charge in [-0.2, -0.15) is 0 Å². The standard InChI is InChI=1S/C21H24N2O4/c1-15-13-22(17-4-6-18(25-2)7-5-17)9-10-23(15)21(24)12-16-3-8-19-20(11-16)27-14-26-19/h3-8,11,15H,9-10,12-14H2,1-2H3/t15-/m0/s1. The first kappa shape index (κ1) is 17.5. The minimum absolute atomic E-state index is 0.149. The Bertz CT molecular complexity index is 821. The van der Waals surface area contributed by atoms with Crippen LogP contribution in [-0.4, -0.2) is 50.4 Å². The normalized spacial score (nSPS) is 18.5. The Kier molecular flexibility index (Phi) is 4.79. The second kappa shape index (κ2) is 7.39. The third-order valence-electron chi connectivity index (χ3n) is 5.18. The number of hydrogen-bond acceptors (Lipinski definition) is 5. The molecule has 1 saturated heterocycles. The van der Waals surface area contributed by atoms with Crippen LogP contribution in [0.1, 0.15) is 12.5 Å². The molecule has 2 aromatic rings. The van der Waals surface area contributed by atoms with Crippen LogP contribution in [0.4, 0.5) is 5.69 Å². The molecule has 6 heteroatoms. The predicted molar refractivity (Wildman–Crippen MR) is 103 cm³/mol. The van der Waals surface area contributed by atoms with Crippen molar-refractivity contribution < 1.29 is 19.0 Å². The summed E-state index contributed by atoms with van der Waals surface area (Å²) in [6, 6.07) is 13.9. The van der Waals surface area contributed by atoms with Crippen molar-refractivity contribution in [2.75, 3.05) is 38.4 Å². The van der Waals surface area contributed by atoms with Gasteiger partial charge in [-0.3, -0.25) is 4.79 Å². The van der Waals surface area contributed by atoms with E-state index in [0.29, 0.717) is 6.42 Å². The molecule has 4 rings (SSSR count). The van der Waals surface area contributed by atoms with Crippen molar-refractivity contribution >= 4 is 11.6 Å². The molecular formula is C21H24N2O4. The maximum absolute atomic E-state index is 12.8. The maximum atomic E-state index is 12.8. The van der Waals surface area contributed by atoms with Crippen molar-refractivity contribution in [3.63, 3.8) is 0 Å². The molecule has 2 heterocycles. The third-order valence-corrected chi connectivity index (χ3v) is 5.18. The van der Waals surface area contributed by atoms with Gasteiger partial charge in [-0.25, -0.2) is 0 Å². The van der Waals surface area contributed by atoms with Gasteiger partial charge in [0.1, 0.15) is 5.75 Å². The molecule has 1 fully saturated rings. The second-order valence-corrected chi connectivity index (χ2v) is 6.94. The molecule has 1 atom stereocenters. The lowest BCUT2D eigenvalue weighted by Crippen LogP contribution is -2.54. The molecule has 0 radical (unpaired) electrons. The van der Waals surface area contributed by atoms with Crippen LogP contribution in [0.25, 0.3) is 0 Å². The van der Waals surface area contributed by atoms with Gasteiger partial charge >= 0.3 is 0 Å². The molecule has 0 spiro atoms. The molecule has 2 aliphatic heterocycles. The summed E-state index contributed by atoms with van der Waals surface area (Å²) in [6.45, 7) is 4.71. The molecule has 1 amide bonds. The van der Waals surface area contributed by atoms with Crippen molar-refractivity contribution in [1.82, 2.24) is 4.90 Å². The zero-order valence-corrected chi connectivity index (χ0v) is 15.7. The maximum Gasteiger partial charge on any atom is 0.231 e. The van der Waals surface area contributed by atoms with Gasteiger partial charge in [0.2, 0.25) is 12.7 Å². The lowest BCUT2D eigenvalue weighted by Gasteiger charge is -2.41. The number of fused-ring (bicyclic) bond motifs is 1. The number of nitrogens with zero attached hydrogens (tertiary/aromatic N) is 2. The fourth-order valence-corrected chi connectivity index (χ4v) is 3.68. The van der Waals surface area contributed by atoms with Gasteiger partial charge in [-0.05, 0) is 48.9 Å². The molecule has 0 N–H and O–H groups in total. The minimum atomic E-state index is 0.149. The fraction of sp³-hybridized carbons (Fsp3) is 0.381. The van der Waals surface area contributed by atoms with E-state index in [4.69, 9.17) is 14.2 Å². The van der Waals surface area contributed by atoms with Crippen molar-refractivity contribution in [1.29, 1.82) is 0 Å². The molecule has 0 aromatic heterocycles. The Labute approximate surface area is 159 Å². The molecular weight excluding hydrogens is 344 g/mol. The summed E-state index contributed by atoms with van der Waals surface area (Å²) in [6.07, 6.45) is 0.378. The molecule has 142 valence electrons. The van der Waals surface area contributed by atoms with Crippen LogP contribution in [0.3, 0.4) is 0 Å². The monoisotopic (exact) mass is 368 g/mol. The average Bonchev–Trinajstić information content (AvgIpc) is 3.15. The summed E-state index contributed by atoms with van der Waals surface area (Å²) in [4.78, 5) is 17.1. The Hall–Kier alpha value is -2.89. The van der Waals surface area contributed by atoms with Crippen LogP contribution in [0, 0.1) is 0 Å². The van der Waals surface area contributed by atoms with Crippen LogP contribution in [0.2, 0.25) is 0 Å². The molecule has 6 nitrogen and oxygen atoms in total. The van der Waals surface area contributed by atoms with Gasteiger partial charge in [0.05, 0.1) is 13.5 Å². The SMILES string of the molecule is COc1ccc(N2CCN(C(=O)Cc3ccc4c(c3)OCO4)[C@@H](C)C2)cc1. The Morgan fingerprint density at radius 2 is 1.89 bits per heavy atom. The number of methoxy groups -OCH3 is 1. The zero-order chi connectivity index (χ0) is 18.8. The summed E-state index contributed by atoms with van der Waals surface area (Å²) in [5, 5.41) is 0. The van der Waals surface area contributed by atoms with Crippen molar-refractivity contribution in [2.45, 2.75) is 19.4 Å². The van der Waals surface area contributed by atoms with E-state index in [-0.39, 0.29) is 18.7 Å². The van der Waals surface area contributed by atoms with E-state index >= 15 is 0 Å². The number of amides is 1. The lowest BCUT2D eigenvalue weighted by molar-refractivity contribution is -0.132. The Balaban J connectivity index is 1.38. The van der Waals surface area contributed by atoms with Gasteiger partial charge < -0.3 is 24.0 Å². The topological polar surface area (TPSA) is 51.2 Å². The Morgan fingerprint density at radius 1 is 1.11 bits per heavy atom. The Morgan fingerprint density at radius 3 is 2.63 bits per heavy atom. The van der Waals surface area contributed by atoms with E-state index < -0.39 is 0 Å². The minimum Gasteiger partial charge on any atom is -0.497 e. The summed E-state index contributed by atoms with van der Waals surface area (Å²) in [5.74, 6) is 2.46. The molecule has 0 aliphatic carbocycles. The number of carbonyl (C=O) groups excluding carboxylic acids is 1. The van der Waals surface area contributed by atoms with Gasteiger partial charge in [-0.1, -0.05) is 6.07 Å². The first-order valence-corrected chi connectivity index (χ1v) is 9.21. The van der Waals surface area contributed by atoms with Crippen LogP contribution < -0.4 is 19.1 Å². The first-order valence-electron chi connectivity index (χ1n) is 9.21. The summed E-state index contributed by atoms with van der Waals surface area (Å²) < 4.78 is 16.0. The van der Waals surface area contributed by atoms with E-state index in [9.17, 15) is 4.79 Å². The van der Waals surface area contributed by atoms with Gasteiger partial charge in [-0.15, -0.1) is 0 Å². The highest BCUT2D eigenvalue weighted by Gasteiger charge is 2.28. The summed E-state index contributed by atoms with van der Waals surface area (Å²) in [5.41, 5.74) is 2.11. The largest absolute Gasteiger partial charge is 0.497 e. The highest BCUT2D eigenvalue weighted by molar-refractivity contribution is 5.79. The van der Waals surface area contributed by atoms with E-state index in [1.807, 2.05) is 35.2 Å². The zero-order valence-electron chi connectivity index (χ0n) is 15.7. The number of hydrogen-bond donors (Lipinski definition) is 0. The van der Waals surface area contributed by atoms with E-state index in [1.54, 1.807) is 7.11 Å². The molecule has 0 bridgehead atoms. The third kappa shape index (κ3) is 3.65. The van der Waals surface area contributed by atoms with Gasteiger partial charge in [0.25, 0.3) is 0 Å². The van der Waals surface area contributed by atoms with Crippen LogP contribution in [0.5, 0.6) is 17.2 Å². The van der Waals surface area contributed by atoms with E-state index in [0.717, 1.165) is 48.1 Å². The highest BCUT2D eigenvalue weighted by Crippen LogP contribution is 2.32. The van der Waals surface area contributed by atoms with Crippen molar-refractivity contribution in [2.24, 2.45) is 0 Å². The predicted octanol–water partition coefficient (Wildman–Crippen LogP) is 2.70. The lowest BCUT2D eigenvalue weighted by atomic mass is 10.1. The highest BCUT2D eigenvalue weighted by atomic mass is 16.7. The van der Waals surface area contributed by atoms with E-state index in [2.05, 4.69) is 24.0 Å².